The number of benzene rings is 3. The molecular weight excluding hydrogens is 572 g/mol. The topological polar surface area (TPSA) is 97.7 Å². The van der Waals surface area contributed by atoms with E-state index in [2.05, 4.69) is 29.3 Å². The van der Waals surface area contributed by atoms with Gasteiger partial charge in [0.1, 0.15) is 11.9 Å². The lowest BCUT2D eigenvalue weighted by Crippen LogP contribution is -2.50. The molecule has 10 heteroatoms. The Bertz CT molecular complexity index is 1600. The summed E-state index contributed by atoms with van der Waals surface area (Å²) < 4.78 is 0. The van der Waals surface area contributed by atoms with Gasteiger partial charge in [-0.1, -0.05) is 68.1 Å². The van der Waals surface area contributed by atoms with E-state index in [-0.39, 0.29) is 24.1 Å². The number of thioether (sulfide) groups is 1. The molecule has 6 rings (SSSR count). The van der Waals surface area contributed by atoms with Gasteiger partial charge in [0, 0.05) is 43.1 Å². The third-order valence-corrected chi connectivity index (χ3v) is 9.53. The fourth-order valence-electron chi connectivity index (χ4n) is 5.66. The van der Waals surface area contributed by atoms with Gasteiger partial charge in [-0.25, -0.2) is 9.89 Å². The Morgan fingerprint density at radius 1 is 0.932 bits per heavy atom. The number of rotatable bonds is 8. The number of amides is 3. The zero-order chi connectivity index (χ0) is 30.6. The highest BCUT2D eigenvalue weighted by Crippen LogP contribution is 2.36. The Hall–Kier alpha value is -4.44. The van der Waals surface area contributed by atoms with Gasteiger partial charge in [-0.05, 0) is 54.8 Å². The molecule has 3 amide bonds. The highest BCUT2D eigenvalue weighted by molar-refractivity contribution is 8.15. The van der Waals surface area contributed by atoms with Gasteiger partial charge in [0.15, 0.2) is 5.17 Å². The first-order valence-corrected chi connectivity index (χ1v) is 16.1. The molecule has 3 aromatic carbocycles. The third kappa shape index (κ3) is 6.12. The number of aryl methyl sites for hydroxylation is 1. The molecule has 3 heterocycles. The minimum Gasteiger partial charge on any atom is -0.368 e. The number of piperazine rings is 1. The van der Waals surface area contributed by atoms with Crippen molar-refractivity contribution in [3.05, 3.63) is 90.0 Å². The van der Waals surface area contributed by atoms with Crippen LogP contribution < -0.4 is 10.2 Å². The third-order valence-electron chi connectivity index (χ3n) is 8.21. The molecule has 3 aromatic rings. The molecule has 1 N–H and O–H groups in total. The first kappa shape index (κ1) is 29.6. The summed E-state index contributed by atoms with van der Waals surface area (Å²) in [4.78, 5) is 55.7. The average molecular weight is 609 g/mol. The minimum atomic E-state index is -0.840. The van der Waals surface area contributed by atoms with Crippen LogP contribution in [0, 0.1) is 0 Å². The van der Waals surface area contributed by atoms with Crippen molar-refractivity contribution >= 4 is 57.5 Å². The quantitative estimate of drug-likeness (QED) is 0.384. The van der Waals surface area contributed by atoms with Crippen molar-refractivity contribution in [1.82, 2.24) is 9.80 Å². The van der Waals surface area contributed by atoms with Crippen molar-refractivity contribution in [3.8, 4) is 0 Å². The number of anilines is 2. The molecule has 1 fully saturated rings. The van der Waals surface area contributed by atoms with Crippen molar-refractivity contribution in [3.63, 3.8) is 0 Å². The summed E-state index contributed by atoms with van der Waals surface area (Å²) in [6.07, 6.45) is 1.46. The highest BCUT2D eigenvalue weighted by Gasteiger charge is 2.43. The summed E-state index contributed by atoms with van der Waals surface area (Å²) in [7, 11) is 0. The first-order valence-electron chi connectivity index (χ1n) is 15.2. The Morgan fingerprint density at radius 3 is 2.34 bits per heavy atom. The predicted molar refractivity (Wildman–Crippen MR) is 177 cm³/mol. The van der Waals surface area contributed by atoms with Crippen LogP contribution in [0.15, 0.2) is 88.8 Å². The molecule has 3 aliphatic rings. The van der Waals surface area contributed by atoms with Crippen molar-refractivity contribution < 1.29 is 14.4 Å². The van der Waals surface area contributed by atoms with Gasteiger partial charge in [0.05, 0.1) is 17.4 Å². The van der Waals surface area contributed by atoms with E-state index in [1.54, 1.807) is 0 Å². The van der Waals surface area contributed by atoms with Crippen LogP contribution in [0.1, 0.15) is 37.8 Å². The molecule has 0 bridgehead atoms. The van der Waals surface area contributed by atoms with E-state index < -0.39 is 11.3 Å². The normalized spacial score (nSPS) is 18.3. The molecule has 0 spiro atoms. The summed E-state index contributed by atoms with van der Waals surface area (Å²) in [6.45, 7) is 6.68. The highest BCUT2D eigenvalue weighted by atomic mass is 32.2. The van der Waals surface area contributed by atoms with Crippen LogP contribution in [0.5, 0.6) is 0 Å². The van der Waals surface area contributed by atoms with Gasteiger partial charge >= 0.3 is 0 Å². The van der Waals surface area contributed by atoms with Gasteiger partial charge in [-0.15, -0.1) is 0 Å². The molecule has 0 unspecified atom stereocenters. The van der Waals surface area contributed by atoms with E-state index in [1.165, 1.54) is 22.2 Å². The minimum absolute atomic E-state index is 0.00423. The monoisotopic (exact) mass is 608 g/mol. The maximum atomic E-state index is 13.8. The number of hydrogen-bond acceptors (Lipinski definition) is 7. The number of aliphatic imine (C=N–C) groups is 2. The molecule has 2 atom stereocenters. The first-order chi connectivity index (χ1) is 21.4. The predicted octanol–water partition coefficient (Wildman–Crippen LogP) is 5.10. The number of carbonyl (C=O) groups is 3. The molecule has 1 saturated heterocycles. The van der Waals surface area contributed by atoms with Crippen LogP contribution >= 0.6 is 11.8 Å². The van der Waals surface area contributed by atoms with Crippen molar-refractivity contribution in [1.29, 1.82) is 0 Å². The Kier molecular flexibility index (Phi) is 8.79. The van der Waals surface area contributed by atoms with Gasteiger partial charge in [-0.2, -0.15) is 0 Å². The summed E-state index contributed by atoms with van der Waals surface area (Å²) >= 11 is 1.25. The number of nitrogens with one attached hydrogen (secondary N) is 1. The second-order valence-electron chi connectivity index (χ2n) is 11.0. The molecule has 9 nitrogen and oxygen atoms in total. The van der Waals surface area contributed by atoms with E-state index in [4.69, 9.17) is 9.98 Å². The molecular formula is C34H36N6O3S. The van der Waals surface area contributed by atoms with Gasteiger partial charge in [-0.3, -0.25) is 19.4 Å². The summed E-state index contributed by atoms with van der Waals surface area (Å²) in [5.74, 6) is -0.0444. The zero-order valence-corrected chi connectivity index (χ0v) is 25.8. The van der Waals surface area contributed by atoms with Crippen molar-refractivity contribution in [2.45, 2.75) is 44.4 Å². The van der Waals surface area contributed by atoms with Crippen LogP contribution in [-0.4, -0.2) is 76.0 Å². The fourth-order valence-corrected chi connectivity index (χ4v) is 6.68. The van der Waals surface area contributed by atoms with E-state index in [1.807, 2.05) is 78.6 Å². The van der Waals surface area contributed by atoms with Crippen LogP contribution in [0.4, 0.5) is 17.1 Å². The summed E-state index contributed by atoms with van der Waals surface area (Å²) in [5.41, 5.74) is 4.49. The van der Waals surface area contributed by atoms with Crippen molar-refractivity contribution in [2.24, 2.45) is 9.98 Å². The van der Waals surface area contributed by atoms with Crippen LogP contribution in [-0.2, 0) is 20.8 Å². The van der Waals surface area contributed by atoms with E-state index in [0.29, 0.717) is 36.2 Å². The van der Waals surface area contributed by atoms with Gasteiger partial charge in [0.25, 0.3) is 5.91 Å². The van der Waals surface area contributed by atoms with E-state index in [9.17, 15) is 14.4 Å². The standard InChI is InChI=1S/C34H36N6O3S/c1-3-23-14-16-24(17-15-23)35-32(42)29(4-2)44-34-37-27-13-9-8-12-26(27)31-36-28(33(43)40(31)34)22-30(41)39-20-18-38(19-21-39)25-10-6-5-7-11-25/h5-17,28-29H,3-4,18-22H2,1-2H3,(H,35,42)/t28-,29-/m0/s1. The molecule has 0 radical (unpaired) electrons. The Balaban J connectivity index is 1.16. The van der Waals surface area contributed by atoms with E-state index in [0.717, 1.165) is 36.4 Å². The van der Waals surface area contributed by atoms with Crippen LogP contribution in [0.3, 0.4) is 0 Å². The maximum Gasteiger partial charge on any atom is 0.259 e. The number of carbonyl (C=O) groups excluding carboxylic acids is 3. The second-order valence-corrected chi connectivity index (χ2v) is 12.2. The lowest BCUT2D eigenvalue weighted by atomic mass is 10.1. The van der Waals surface area contributed by atoms with Crippen LogP contribution in [0.2, 0.25) is 0 Å². The zero-order valence-electron chi connectivity index (χ0n) is 25.0. The van der Waals surface area contributed by atoms with Crippen LogP contribution in [0.25, 0.3) is 0 Å². The number of amidine groups is 2. The molecule has 226 valence electrons. The molecule has 0 aliphatic carbocycles. The van der Waals surface area contributed by atoms with E-state index >= 15 is 0 Å². The number of fused-ring (bicyclic) bond motifs is 3. The molecule has 44 heavy (non-hydrogen) atoms. The Labute approximate surface area is 262 Å². The van der Waals surface area contributed by atoms with Gasteiger partial charge < -0.3 is 15.1 Å². The lowest BCUT2D eigenvalue weighted by Gasteiger charge is -2.36. The second kappa shape index (κ2) is 13.1. The molecule has 0 aromatic heterocycles. The smallest absolute Gasteiger partial charge is 0.259 e. The Morgan fingerprint density at radius 2 is 1.64 bits per heavy atom. The number of hydrogen-bond donors (Lipinski definition) is 1. The fraction of sp³-hybridized carbons (Fsp3) is 0.324. The lowest BCUT2D eigenvalue weighted by molar-refractivity contribution is -0.135. The van der Waals surface area contributed by atoms with Gasteiger partial charge in [0.2, 0.25) is 11.8 Å². The largest absolute Gasteiger partial charge is 0.368 e. The maximum absolute atomic E-state index is 13.8. The summed E-state index contributed by atoms with van der Waals surface area (Å²) in [6, 6.07) is 24.7. The number of para-hydroxylation sites is 2. The average Bonchev–Trinajstić information content (AvgIpc) is 3.40. The SMILES string of the molecule is CCc1ccc(NC(=O)[C@H](CC)SC2=Nc3ccccc3C3=N[C@@H](CC(=O)N4CCN(c5ccccc5)CC4)C(=O)N23)cc1. The molecule has 3 aliphatic heterocycles. The molecule has 0 saturated carbocycles. The number of nitrogens with zero attached hydrogens (tertiary/aromatic N) is 5. The summed E-state index contributed by atoms with van der Waals surface area (Å²) in [5, 5.41) is 2.93. The van der Waals surface area contributed by atoms with Crippen molar-refractivity contribution in [2.75, 3.05) is 36.4 Å².